The number of rotatable bonds is 7. The first kappa shape index (κ1) is 20.7. The van der Waals surface area contributed by atoms with Gasteiger partial charge in [-0.15, -0.1) is 5.10 Å². The predicted molar refractivity (Wildman–Crippen MR) is 117 cm³/mol. The molecule has 0 saturated heterocycles. The maximum absolute atomic E-state index is 12.9. The third kappa shape index (κ3) is 4.37. The number of amides is 1. The van der Waals surface area contributed by atoms with Gasteiger partial charge in [0.05, 0.1) is 12.6 Å². The predicted octanol–water partition coefficient (Wildman–Crippen LogP) is 1.70. The number of carbonyl (C=O) groups is 1. The van der Waals surface area contributed by atoms with E-state index in [1.54, 1.807) is 25.1 Å². The van der Waals surface area contributed by atoms with Gasteiger partial charge < -0.3 is 10.4 Å². The second kappa shape index (κ2) is 8.71. The molecule has 3 aromatic rings. The fourth-order valence-electron chi connectivity index (χ4n) is 3.99. The number of hydrogen-bond acceptors (Lipinski definition) is 8. The zero-order chi connectivity index (χ0) is 22.1. The summed E-state index contributed by atoms with van der Waals surface area (Å²) in [7, 11) is 0. The van der Waals surface area contributed by atoms with Crippen molar-refractivity contribution in [1.29, 1.82) is 0 Å². The van der Waals surface area contributed by atoms with Crippen LogP contribution in [0.15, 0.2) is 30.5 Å². The average molecular weight is 435 g/mol. The van der Waals surface area contributed by atoms with Crippen LogP contribution in [0.4, 0.5) is 5.82 Å². The standard InChI is InChI=1S/C22H26N8O2/c1-14(13-31)30-21(26-27-28-30)18-3-2-4-20(24-18)25-22(32)19-9-17-12-29(11-15-5-6-15)8-7-16(17)10-23-19/h2-4,9-10,14-15,31H,5-8,11-13H2,1H3,(H,24,25,32)/t14-/m1/s1. The number of hydrogen-bond donors (Lipinski definition) is 2. The molecule has 1 saturated carbocycles. The molecule has 0 aromatic carbocycles. The Balaban J connectivity index is 1.32. The van der Waals surface area contributed by atoms with Crippen LogP contribution < -0.4 is 5.32 Å². The summed E-state index contributed by atoms with van der Waals surface area (Å²) in [6.45, 7) is 4.78. The molecule has 10 nitrogen and oxygen atoms in total. The van der Waals surface area contributed by atoms with E-state index in [2.05, 4.69) is 35.7 Å². The minimum atomic E-state index is -0.305. The first-order chi connectivity index (χ1) is 15.6. The zero-order valence-corrected chi connectivity index (χ0v) is 18.0. The van der Waals surface area contributed by atoms with Gasteiger partial charge in [-0.2, -0.15) is 0 Å². The van der Waals surface area contributed by atoms with Gasteiger partial charge in [0.1, 0.15) is 17.2 Å². The Bertz CT molecular complexity index is 1130. The molecule has 166 valence electrons. The Morgan fingerprint density at radius 1 is 1.31 bits per heavy atom. The van der Waals surface area contributed by atoms with Crippen LogP contribution in [0, 0.1) is 5.92 Å². The summed E-state index contributed by atoms with van der Waals surface area (Å²) in [6, 6.07) is 6.85. The van der Waals surface area contributed by atoms with Crippen LogP contribution in [-0.4, -0.2) is 65.8 Å². The molecule has 32 heavy (non-hydrogen) atoms. The summed E-state index contributed by atoms with van der Waals surface area (Å²) in [5, 5.41) is 23.9. The van der Waals surface area contributed by atoms with Gasteiger partial charge in [0, 0.05) is 25.8 Å². The summed E-state index contributed by atoms with van der Waals surface area (Å²) < 4.78 is 1.51. The molecular weight excluding hydrogens is 408 g/mol. The fourth-order valence-corrected chi connectivity index (χ4v) is 3.99. The second-order valence-electron chi connectivity index (χ2n) is 8.61. The average Bonchev–Trinajstić information content (AvgIpc) is 3.49. The molecular formula is C22H26N8O2. The molecule has 0 unspecified atom stereocenters. The Kier molecular flexibility index (Phi) is 5.62. The fraction of sp³-hybridized carbons (Fsp3) is 0.455. The minimum Gasteiger partial charge on any atom is -0.394 e. The molecule has 2 aliphatic rings. The molecule has 1 amide bonds. The van der Waals surface area contributed by atoms with E-state index in [0.717, 1.165) is 32.0 Å². The van der Waals surface area contributed by atoms with Gasteiger partial charge in [-0.25, -0.2) is 9.67 Å². The maximum Gasteiger partial charge on any atom is 0.275 e. The second-order valence-corrected chi connectivity index (χ2v) is 8.61. The number of aliphatic hydroxyl groups is 1. The summed E-state index contributed by atoms with van der Waals surface area (Å²) in [6.07, 6.45) is 5.48. The summed E-state index contributed by atoms with van der Waals surface area (Å²) in [4.78, 5) is 24.2. The zero-order valence-electron chi connectivity index (χ0n) is 18.0. The van der Waals surface area contributed by atoms with Gasteiger partial charge in [-0.3, -0.25) is 14.7 Å². The third-order valence-corrected chi connectivity index (χ3v) is 6.01. The van der Waals surface area contributed by atoms with Crippen LogP contribution in [-0.2, 0) is 13.0 Å². The molecule has 1 fully saturated rings. The van der Waals surface area contributed by atoms with Crippen molar-refractivity contribution in [2.75, 3.05) is 25.0 Å². The van der Waals surface area contributed by atoms with Crippen molar-refractivity contribution in [1.82, 2.24) is 35.1 Å². The first-order valence-corrected chi connectivity index (χ1v) is 11.0. The quantitative estimate of drug-likeness (QED) is 0.576. The van der Waals surface area contributed by atoms with E-state index in [4.69, 9.17) is 0 Å². The molecule has 2 N–H and O–H groups in total. The Morgan fingerprint density at radius 2 is 2.19 bits per heavy atom. The van der Waals surface area contributed by atoms with Gasteiger partial charge in [-0.1, -0.05) is 6.07 Å². The van der Waals surface area contributed by atoms with Crippen LogP contribution in [0.5, 0.6) is 0 Å². The van der Waals surface area contributed by atoms with Crippen molar-refractivity contribution in [2.45, 2.75) is 38.8 Å². The van der Waals surface area contributed by atoms with Crippen LogP contribution in [0.3, 0.4) is 0 Å². The first-order valence-electron chi connectivity index (χ1n) is 11.0. The Morgan fingerprint density at radius 3 is 3.00 bits per heavy atom. The molecule has 1 aliphatic carbocycles. The smallest absolute Gasteiger partial charge is 0.275 e. The number of nitrogens with zero attached hydrogens (tertiary/aromatic N) is 7. The van der Waals surface area contributed by atoms with Crippen molar-refractivity contribution < 1.29 is 9.90 Å². The van der Waals surface area contributed by atoms with E-state index in [1.165, 1.54) is 28.7 Å². The minimum absolute atomic E-state index is 0.101. The van der Waals surface area contributed by atoms with Gasteiger partial charge in [-0.05, 0) is 71.9 Å². The van der Waals surface area contributed by atoms with E-state index in [9.17, 15) is 9.90 Å². The maximum atomic E-state index is 12.9. The van der Waals surface area contributed by atoms with Gasteiger partial charge in [0.15, 0.2) is 0 Å². The third-order valence-electron chi connectivity index (χ3n) is 6.01. The normalized spacial score (nSPS) is 17.1. The highest BCUT2D eigenvalue weighted by molar-refractivity contribution is 6.02. The van der Waals surface area contributed by atoms with Crippen molar-refractivity contribution >= 4 is 11.7 Å². The Hall–Kier alpha value is -3.24. The highest BCUT2D eigenvalue weighted by atomic mass is 16.3. The van der Waals surface area contributed by atoms with Gasteiger partial charge in [0.2, 0.25) is 5.82 Å². The number of pyridine rings is 2. The van der Waals surface area contributed by atoms with Crippen LogP contribution in [0.2, 0.25) is 0 Å². The molecule has 1 atom stereocenters. The molecule has 10 heteroatoms. The lowest BCUT2D eigenvalue weighted by molar-refractivity contribution is 0.102. The van der Waals surface area contributed by atoms with Crippen molar-refractivity contribution in [3.8, 4) is 11.5 Å². The molecule has 0 bridgehead atoms. The molecule has 1 aliphatic heterocycles. The van der Waals surface area contributed by atoms with Crippen LogP contribution in [0.25, 0.3) is 11.5 Å². The number of aromatic nitrogens is 6. The summed E-state index contributed by atoms with van der Waals surface area (Å²) >= 11 is 0. The van der Waals surface area contributed by atoms with E-state index in [0.29, 0.717) is 23.0 Å². The van der Waals surface area contributed by atoms with E-state index < -0.39 is 0 Å². The molecule has 0 spiro atoms. The van der Waals surface area contributed by atoms with Crippen LogP contribution in [0.1, 0.15) is 47.4 Å². The number of aliphatic hydroxyl groups excluding tert-OH is 1. The lowest BCUT2D eigenvalue weighted by Crippen LogP contribution is -2.32. The van der Waals surface area contributed by atoms with E-state index >= 15 is 0 Å². The number of fused-ring (bicyclic) bond motifs is 1. The highest BCUT2D eigenvalue weighted by Crippen LogP contribution is 2.31. The lowest BCUT2D eigenvalue weighted by Gasteiger charge is -2.28. The van der Waals surface area contributed by atoms with Crippen molar-refractivity contribution in [3.05, 3.63) is 47.3 Å². The molecule has 0 radical (unpaired) electrons. The molecule has 5 rings (SSSR count). The topological polar surface area (TPSA) is 122 Å². The van der Waals surface area contributed by atoms with Crippen LogP contribution >= 0.6 is 0 Å². The number of anilines is 1. The Labute approximate surface area is 185 Å². The summed E-state index contributed by atoms with van der Waals surface area (Å²) in [5.74, 6) is 1.35. The number of nitrogens with one attached hydrogen (secondary N) is 1. The van der Waals surface area contributed by atoms with Gasteiger partial charge in [0.25, 0.3) is 5.91 Å². The van der Waals surface area contributed by atoms with Crippen molar-refractivity contribution in [2.24, 2.45) is 5.92 Å². The monoisotopic (exact) mass is 434 g/mol. The van der Waals surface area contributed by atoms with Gasteiger partial charge >= 0.3 is 0 Å². The van der Waals surface area contributed by atoms with E-state index in [-0.39, 0.29) is 18.6 Å². The molecule has 3 aromatic heterocycles. The number of tetrazole rings is 1. The summed E-state index contributed by atoms with van der Waals surface area (Å²) in [5.41, 5.74) is 3.28. The number of carbonyl (C=O) groups excluding carboxylic acids is 1. The molecule has 4 heterocycles. The largest absolute Gasteiger partial charge is 0.394 e. The lowest BCUT2D eigenvalue weighted by atomic mass is 10.0. The van der Waals surface area contributed by atoms with Crippen molar-refractivity contribution in [3.63, 3.8) is 0 Å². The van der Waals surface area contributed by atoms with E-state index in [1.807, 2.05) is 12.3 Å². The SMILES string of the molecule is C[C@H](CO)n1nnnc1-c1cccc(NC(=O)c2cc3c(cn2)CCN(CC2CC2)C3)n1. The highest BCUT2D eigenvalue weighted by Gasteiger charge is 2.27.